The molecule has 10 rings (SSSR count). The Kier molecular flexibility index (Phi) is 12.3. The van der Waals surface area contributed by atoms with Crippen molar-refractivity contribution in [1.29, 1.82) is 0 Å². The van der Waals surface area contributed by atoms with Gasteiger partial charge in [0.25, 0.3) is 15.9 Å². The molecule has 6 heterocycles. The van der Waals surface area contributed by atoms with Gasteiger partial charge in [0.15, 0.2) is 5.75 Å². The Morgan fingerprint density at radius 3 is 2.60 bits per heavy atom. The van der Waals surface area contributed by atoms with Gasteiger partial charge in [0.2, 0.25) is 0 Å². The number of pyridine rings is 1. The zero-order valence-corrected chi connectivity index (χ0v) is 38.9. The number of fused-ring (bicyclic) bond motifs is 2. The second-order valence-corrected chi connectivity index (χ2v) is 20.7. The Labute approximate surface area is 392 Å². The monoisotopic (exact) mass is 949 g/mol. The van der Waals surface area contributed by atoms with Gasteiger partial charge in [-0.15, -0.1) is 0 Å². The minimum Gasteiger partial charge on any atom is -0.484 e. The summed E-state index contributed by atoms with van der Waals surface area (Å²) < 4.78 is 48.6. The first-order valence-corrected chi connectivity index (χ1v) is 24.5. The van der Waals surface area contributed by atoms with E-state index in [2.05, 4.69) is 55.5 Å². The quantitative estimate of drug-likeness (QED) is 0.0905. The van der Waals surface area contributed by atoms with Crippen molar-refractivity contribution in [2.75, 3.05) is 77.1 Å². The standard InChI is InChI=1S/C48H52ClN9O8S/c1-48(2)13-11-33(40(24-48)31-3-5-34(49)6-4-31)26-54-15-17-55(18-16-54)35-7-9-39(42(22-35)57-43-21-32-12-14-50-46(32)52-41(43)25-51-57)47(59)53-67(62,63)38-8-10-45(44(23-38)58(60)61)66-30-37-27-56(19-20-65-37)36-28-64-29-36/h3-10,12,14,21-23,25,36-37H,11,13,15-20,24,26-30H2,1-2H3,(H,50,52)(H,53,59)/t37-/m0/s1. The predicted molar refractivity (Wildman–Crippen MR) is 255 cm³/mol. The third-order valence-corrected chi connectivity index (χ3v) is 15.0. The van der Waals surface area contributed by atoms with E-state index in [1.807, 2.05) is 36.4 Å². The summed E-state index contributed by atoms with van der Waals surface area (Å²) in [6, 6.07) is 20.8. The molecule has 350 valence electrons. The van der Waals surface area contributed by atoms with Crippen molar-refractivity contribution in [3.63, 3.8) is 0 Å². The van der Waals surface area contributed by atoms with Crippen molar-refractivity contribution in [2.45, 2.75) is 50.2 Å². The normalized spacial score (nSPS) is 19.7. The molecule has 1 aliphatic carbocycles. The molecule has 1 atom stereocenters. The van der Waals surface area contributed by atoms with Crippen molar-refractivity contribution in [2.24, 2.45) is 5.41 Å². The van der Waals surface area contributed by atoms with Crippen LogP contribution in [0.15, 0.2) is 95.7 Å². The minimum absolute atomic E-state index is 0.0245. The Hall–Kier alpha value is -5.89. The van der Waals surface area contributed by atoms with Crippen LogP contribution in [0, 0.1) is 15.5 Å². The largest absolute Gasteiger partial charge is 0.484 e. The van der Waals surface area contributed by atoms with Crippen LogP contribution in [0.5, 0.6) is 5.75 Å². The topological polar surface area (TPSA) is 190 Å². The zero-order valence-electron chi connectivity index (χ0n) is 37.3. The number of nitrogens with zero attached hydrogens (tertiary/aromatic N) is 7. The molecule has 0 bridgehead atoms. The number of ether oxygens (including phenoxy) is 3. The number of allylic oxidation sites excluding steroid dienone is 1. The Morgan fingerprint density at radius 1 is 1.03 bits per heavy atom. The fourth-order valence-electron chi connectivity index (χ4n) is 9.55. The van der Waals surface area contributed by atoms with Crippen molar-refractivity contribution in [1.82, 2.24) is 34.3 Å². The summed E-state index contributed by atoms with van der Waals surface area (Å²) >= 11 is 6.26. The van der Waals surface area contributed by atoms with Crippen LogP contribution in [0.3, 0.4) is 0 Å². The molecular weight excluding hydrogens is 898 g/mol. The summed E-state index contributed by atoms with van der Waals surface area (Å²) in [5.41, 5.74) is 6.81. The van der Waals surface area contributed by atoms with Gasteiger partial charge in [-0.1, -0.05) is 43.2 Å². The van der Waals surface area contributed by atoms with Crippen LogP contribution in [0.25, 0.3) is 33.3 Å². The van der Waals surface area contributed by atoms with Gasteiger partial charge in [-0.2, -0.15) is 5.10 Å². The van der Waals surface area contributed by atoms with Gasteiger partial charge in [-0.05, 0) is 90.4 Å². The molecule has 67 heavy (non-hydrogen) atoms. The molecular formula is C48H52ClN9O8S. The molecule has 17 nitrogen and oxygen atoms in total. The van der Waals surface area contributed by atoms with Crippen LogP contribution in [-0.2, 0) is 19.5 Å². The van der Waals surface area contributed by atoms with Crippen LogP contribution >= 0.6 is 11.6 Å². The van der Waals surface area contributed by atoms with Crippen LogP contribution in [-0.4, -0.2) is 133 Å². The van der Waals surface area contributed by atoms with E-state index in [4.69, 9.17) is 30.8 Å². The average Bonchev–Trinajstić information content (AvgIpc) is 3.94. The molecule has 2 N–H and O–H groups in total. The van der Waals surface area contributed by atoms with Crippen LogP contribution in [0.4, 0.5) is 11.4 Å². The van der Waals surface area contributed by atoms with E-state index in [9.17, 15) is 23.3 Å². The molecule has 1 amide bonds. The molecule has 3 saturated heterocycles. The fraction of sp³-hybridized carbons (Fsp3) is 0.396. The van der Waals surface area contributed by atoms with Gasteiger partial charge in [0.1, 0.15) is 23.9 Å². The highest BCUT2D eigenvalue weighted by Gasteiger charge is 2.33. The lowest BCUT2D eigenvalue weighted by atomic mass is 9.72. The van der Waals surface area contributed by atoms with Crippen molar-refractivity contribution in [3.05, 3.63) is 117 Å². The number of nitro groups is 1. The first kappa shape index (κ1) is 44.9. The molecule has 3 aromatic heterocycles. The number of nitrogens with one attached hydrogen (secondary N) is 2. The number of halogens is 1. The molecule has 3 aliphatic heterocycles. The van der Waals surface area contributed by atoms with E-state index in [0.29, 0.717) is 54.8 Å². The van der Waals surface area contributed by atoms with Crippen molar-refractivity contribution >= 4 is 66.5 Å². The molecule has 4 aliphatic rings. The summed E-state index contributed by atoms with van der Waals surface area (Å²) in [6.07, 6.45) is 6.22. The number of carbonyl (C=O) groups is 1. The number of benzene rings is 3. The number of piperazine rings is 1. The number of sulfonamides is 1. The molecule has 0 saturated carbocycles. The number of hydrogen-bond acceptors (Lipinski definition) is 13. The molecule has 3 fully saturated rings. The molecule has 6 aromatic rings. The third-order valence-electron chi connectivity index (χ3n) is 13.4. The van der Waals surface area contributed by atoms with E-state index in [1.165, 1.54) is 28.8 Å². The first-order valence-electron chi connectivity index (χ1n) is 22.6. The number of aromatic nitrogens is 4. The van der Waals surface area contributed by atoms with Gasteiger partial charge in [-0.3, -0.25) is 24.7 Å². The number of hydrogen-bond donors (Lipinski definition) is 2. The number of aromatic amines is 1. The Morgan fingerprint density at radius 2 is 1.84 bits per heavy atom. The molecule has 19 heteroatoms. The van der Waals surface area contributed by atoms with Gasteiger partial charge >= 0.3 is 5.69 Å². The van der Waals surface area contributed by atoms with Gasteiger partial charge in [0, 0.05) is 74.2 Å². The summed E-state index contributed by atoms with van der Waals surface area (Å²) in [7, 11) is -4.63. The van der Waals surface area contributed by atoms with E-state index in [-0.39, 0.29) is 29.4 Å². The SMILES string of the molecule is CC1(C)CCC(CN2CCN(c3ccc(C(=O)NS(=O)(=O)c4ccc(OC[C@@H]5CN(C6COC6)CCO5)c([N+](=O)[O-])c4)c(-n4ncc5nc6[nH]ccc6cc54)c3)CC2)=C(c2ccc(Cl)cc2)C1. The first-order chi connectivity index (χ1) is 32.3. The Balaban J connectivity index is 0.889. The van der Waals surface area contributed by atoms with Gasteiger partial charge in [0.05, 0.1) is 58.6 Å². The maximum Gasteiger partial charge on any atom is 0.312 e. The number of rotatable bonds is 13. The summed E-state index contributed by atoms with van der Waals surface area (Å²) in [5.74, 6) is -1.06. The lowest BCUT2D eigenvalue weighted by Gasteiger charge is -2.41. The second-order valence-electron chi connectivity index (χ2n) is 18.6. The smallest absolute Gasteiger partial charge is 0.312 e. The van der Waals surface area contributed by atoms with Gasteiger partial charge in [-0.25, -0.2) is 22.8 Å². The third kappa shape index (κ3) is 9.51. The summed E-state index contributed by atoms with van der Waals surface area (Å²) in [5, 5.41) is 18.5. The van der Waals surface area contributed by atoms with E-state index >= 15 is 0 Å². The van der Waals surface area contributed by atoms with Gasteiger partial charge < -0.3 is 24.1 Å². The number of morpholine rings is 1. The number of anilines is 1. The highest BCUT2D eigenvalue weighted by Crippen LogP contribution is 2.43. The van der Waals surface area contributed by atoms with E-state index < -0.39 is 31.4 Å². The number of carbonyl (C=O) groups excluding carboxylic acids is 1. The highest BCUT2D eigenvalue weighted by atomic mass is 35.5. The summed E-state index contributed by atoms with van der Waals surface area (Å²) in [4.78, 5) is 40.2. The van der Waals surface area contributed by atoms with E-state index in [1.54, 1.807) is 23.1 Å². The lowest BCUT2D eigenvalue weighted by molar-refractivity contribution is -0.386. The fourth-order valence-corrected chi connectivity index (χ4v) is 10.7. The maximum atomic E-state index is 14.3. The molecule has 3 aromatic carbocycles. The molecule has 0 radical (unpaired) electrons. The second kappa shape index (κ2) is 18.3. The minimum atomic E-state index is -4.63. The van der Waals surface area contributed by atoms with Crippen molar-refractivity contribution in [3.8, 4) is 11.4 Å². The number of H-pyrrole nitrogens is 1. The van der Waals surface area contributed by atoms with Crippen LogP contribution in [0.1, 0.15) is 49.0 Å². The number of nitro benzene ring substituents is 1. The maximum absolute atomic E-state index is 14.3. The molecule has 0 unspecified atom stereocenters. The lowest BCUT2D eigenvalue weighted by Crippen LogP contribution is -2.56. The van der Waals surface area contributed by atoms with E-state index in [0.717, 1.165) is 80.7 Å². The number of amides is 1. The van der Waals surface area contributed by atoms with Crippen molar-refractivity contribution < 1.29 is 32.3 Å². The highest BCUT2D eigenvalue weighted by molar-refractivity contribution is 7.90. The zero-order chi connectivity index (χ0) is 46.5. The van der Waals surface area contributed by atoms with Crippen LogP contribution < -0.4 is 14.4 Å². The summed E-state index contributed by atoms with van der Waals surface area (Å²) in [6.45, 7) is 11.8. The average molecular weight is 951 g/mol. The van der Waals surface area contributed by atoms with Crippen LogP contribution in [0.2, 0.25) is 5.02 Å². The molecule has 0 spiro atoms. The Bertz CT molecular complexity index is 3000. The predicted octanol–water partition coefficient (Wildman–Crippen LogP) is 6.85.